The quantitative estimate of drug-likeness (QED) is 0.141. The first kappa shape index (κ1) is 35.0. The number of allylic oxidation sites excluding steroid dienone is 1. The van der Waals surface area contributed by atoms with Crippen LogP contribution >= 0.6 is 0 Å². The van der Waals surface area contributed by atoms with Gasteiger partial charge in [0.1, 0.15) is 11.8 Å². The normalized spacial score (nSPS) is 21.7. The monoisotopic (exact) mass is 709 g/mol. The van der Waals surface area contributed by atoms with Crippen molar-refractivity contribution in [1.29, 1.82) is 0 Å². The summed E-state index contributed by atoms with van der Waals surface area (Å²) in [6.07, 6.45) is 6.84. The number of carbonyl (C=O) groups excluding carboxylic acids is 2. The first-order valence-corrected chi connectivity index (χ1v) is 19.5. The van der Waals surface area contributed by atoms with Crippen molar-refractivity contribution in [3.8, 4) is 5.75 Å². The molecule has 2 saturated heterocycles. The lowest BCUT2D eigenvalue weighted by atomic mass is 9.69. The Labute approximate surface area is 313 Å². The number of nitrogens with one attached hydrogen (secondary N) is 2. The van der Waals surface area contributed by atoms with Gasteiger partial charge >= 0.3 is 0 Å². The molecule has 2 amide bonds. The van der Waals surface area contributed by atoms with Crippen LogP contribution in [0.25, 0.3) is 0 Å². The smallest absolute Gasteiger partial charge is 0.255 e. The van der Waals surface area contributed by atoms with Gasteiger partial charge in [-0.2, -0.15) is 0 Å². The fraction of sp³-hybridized carbons (Fsp3) is 0.378. The van der Waals surface area contributed by atoms with E-state index in [4.69, 9.17) is 0 Å². The molecule has 8 nitrogen and oxygen atoms in total. The predicted octanol–water partition coefficient (Wildman–Crippen LogP) is 7.41. The molecule has 3 N–H and O–H groups in total. The Balaban J connectivity index is 0.780. The lowest BCUT2D eigenvalue weighted by molar-refractivity contribution is -0.126. The van der Waals surface area contributed by atoms with E-state index in [1.54, 1.807) is 4.90 Å². The lowest BCUT2D eigenvalue weighted by Gasteiger charge is -2.37. The van der Waals surface area contributed by atoms with Gasteiger partial charge in [-0.3, -0.25) is 14.5 Å². The molecule has 3 aliphatic heterocycles. The number of fused-ring (bicyclic) bond motifs is 2. The minimum atomic E-state index is -0.427. The SMILES string of the molecule is C=C1CCC(N2Cc3cc(NCCCCCN4CCN(c5ccc([C@H]6c7ccc(O)cc7CC[C@H]6c6ccccc6)cc5)CC4)ccc3C2=O)C(=O)N1. The molecule has 53 heavy (non-hydrogen) atoms. The van der Waals surface area contributed by atoms with Crippen LogP contribution < -0.4 is 15.5 Å². The molecule has 3 atom stereocenters. The summed E-state index contributed by atoms with van der Waals surface area (Å²) in [6, 6.07) is 31.7. The molecule has 4 aromatic carbocycles. The molecule has 8 heteroatoms. The molecule has 0 radical (unpaired) electrons. The maximum absolute atomic E-state index is 13.0. The summed E-state index contributed by atoms with van der Waals surface area (Å²) in [5, 5.41) is 16.6. The summed E-state index contributed by atoms with van der Waals surface area (Å²) in [6.45, 7) is 10.6. The third kappa shape index (κ3) is 7.56. The maximum atomic E-state index is 13.0. The van der Waals surface area contributed by atoms with Crippen molar-refractivity contribution in [3.63, 3.8) is 0 Å². The predicted molar refractivity (Wildman–Crippen MR) is 212 cm³/mol. The first-order chi connectivity index (χ1) is 25.9. The van der Waals surface area contributed by atoms with Gasteiger partial charge in [0.25, 0.3) is 5.91 Å². The molecule has 3 heterocycles. The third-order valence-corrected chi connectivity index (χ3v) is 11.9. The molecular weight excluding hydrogens is 659 g/mol. The van der Waals surface area contributed by atoms with E-state index in [0.29, 0.717) is 36.6 Å². The third-order valence-electron chi connectivity index (χ3n) is 11.9. The number of hydrogen-bond acceptors (Lipinski definition) is 6. The van der Waals surface area contributed by atoms with Gasteiger partial charge in [0.15, 0.2) is 0 Å². The van der Waals surface area contributed by atoms with E-state index in [9.17, 15) is 14.7 Å². The van der Waals surface area contributed by atoms with E-state index in [2.05, 4.69) is 93.7 Å². The Morgan fingerprint density at radius 1 is 0.792 bits per heavy atom. The van der Waals surface area contributed by atoms with E-state index in [-0.39, 0.29) is 17.7 Å². The standard InChI is InChI=1S/C45H51N5O3/c1-31-10-21-42(44(52)47-31)50-30-35-28-36(14-19-41(35)45(50)53)46-22-6-3-7-23-48-24-26-49(27-25-48)37-15-11-33(12-16-37)43-39(32-8-4-2-5-9-32)18-13-34-29-38(51)17-20-40(34)43/h2,4-5,8-9,11-12,14-17,19-20,28-29,39,42-43,46,51H,1,3,6-7,10,13,18,21-27,30H2,(H,47,52)/t39-,42?,43+/m0/s1. The van der Waals surface area contributed by atoms with Crippen LogP contribution in [0, 0.1) is 0 Å². The van der Waals surface area contributed by atoms with Crippen molar-refractivity contribution in [3.05, 3.63) is 137 Å². The molecule has 0 bridgehead atoms. The molecule has 274 valence electrons. The average Bonchev–Trinajstić information content (AvgIpc) is 3.51. The van der Waals surface area contributed by atoms with Gasteiger partial charge in [0, 0.05) is 67.8 Å². The summed E-state index contributed by atoms with van der Waals surface area (Å²) in [5.41, 5.74) is 10.1. The van der Waals surface area contributed by atoms with E-state index >= 15 is 0 Å². The number of unbranched alkanes of at least 4 members (excludes halogenated alkanes) is 2. The van der Waals surface area contributed by atoms with Crippen molar-refractivity contribution < 1.29 is 14.7 Å². The number of piperidine rings is 1. The Hall–Kier alpha value is -5.08. The molecule has 8 rings (SSSR count). The second-order valence-corrected chi connectivity index (χ2v) is 15.3. The molecule has 0 aromatic heterocycles. The van der Waals surface area contributed by atoms with Crippen LogP contribution in [-0.2, 0) is 17.8 Å². The van der Waals surface area contributed by atoms with Crippen LogP contribution in [0.3, 0.4) is 0 Å². The Kier molecular flexibility index (Phi) is 10.2. The van der Waals surface area contributed by atoms with Crippen LogP contribution in [0.1, 0.15) is 88.5 Å². The Morgan fingerprint density at radius 2 is 1.60 bits per heavy atom. The second kappa shape index (κ2) is 15.5. The summed E-state index contributed by atoms with van der Waals surface area (Å²) >= 11 is 0. The number of rotatable bonds is 11. The number of phenols is 1. The fourth-order valence-electron chi connectivity index (χ4n) is 9.03. The van der Waals surface area contributed by atoms with Crippen LogP contribution in [0.2, 0.25) is 0 Å². The van der Waals surface area contributed by atoms with E-state index in [1.807, 2.05) is 24.3 Å². The highest BCUT2D eigenvalue weighted by Gasteiger charge is 2.38. The van der Waals surface area contributed by atoms with Crippen LogP contribution in [0.4, 0.5) is 11.4 Å². The van der Waals surface area contributed by atoms with Gasteiger partial charge in [-0.15, -0.1) is 0 Å². The number of amides is 2. The highest BCUT2D eigenvalue weighted by molar-refractivity contribution is 6.01. The van der Waals surface area contributed by atoms with E-state index in [1.165, 1.54) is 40.8 Å². The average molecular weight is 710 g/mol. The highest BCUT2D eigenvalue weighted by atomic mass is 16.3. The number of carbonyl (C=O) groups is 2. The van der Waals surface area contributed by atoms with Crippen molar-refractivity contribution in [2.75, 3.05) is 49.5 Å². The number of phenolic OH excluding ortho intramolecular Hbond substituents is 1. The maximum Gasteiger partial charge on any atom is 0.255 e. The minimum Gasteiger partial charge on any atom is -0.508 e. The number of piperazine rings is 1. The zero-order valence-electron chi connectivity index (χ0n) is 30.6. The van der Waals surface area contributed by atoms with E-state index in [0.717, 1.165) is 75.5 Å². The molecule has 4 aliphatic rings. The molecule has 1 unspecified atom stereocenters. The highest BCUT2D eigenvalue weighted by Crippen LogP contribution is 2.47. The second-order valence-electron chi connectivity index (χ2n) is 15.3. The zero-order valence-corrected chi connectivity index (χ0v) is 30.6. The molecule has 0 spiro atoms. The number of hydrogen-bond donors (Lipinski definition) is 3. The van der Waals surface area contributed by atoms with Gasteiger partial charge in [0.05, 0.1) is 0 Å². The van der Waals surface area contributed by atoms with Crippen molar-refractivity contribution in [1.82, 2.24) is 15.1 Å². The number of nitrogens with zero attached hydrogens (tertiary/aromatic N) is 3. The summed E-state index contributed by atoms with van der Waals surface area (Å²) < 4.78 is 0. The number of anilines is 2. The number of aryl methyl sites for hydroxylation is 1. The molecule has 1 aliphatic carbocycles. The number of aromatic hydroxyl groups is 1. The summed E-state index contributed by atoms with van der Waals surface area (Å²) in [7, 11) is 0. The Bertz CT molecular complexity index is 1950. The summed E-state index contributed by atoms with van der Waals surface area (Å²) in [5.74, 6) is 0.852. The zero-order chi connectivity index (χ0) is 36.3. The largest absolute Gasteiger partial charge is 0.508 e. The van der Waals surface area contributed by atoms with E-state index < -0.39 is 6.04 Å². The summed E-state index contributed by atoms with van der Waals surface area (Å²) in [4.78, 5) is 32.4. The molecular formula is C45H51N5O3. The molecule has 4 aromatic rings. The van der Waals surface area contributed by atoms with Crippen LogP contribution in [0.5, 0.6) is 5.75 Å². The Morgan fingerprint density at radius 3 is 2.40 bits per heavy atom. The topological polar surface area (TPSA) is 88.2 Å². The number of benzene rings is 4. The lowest BCUT2D eigenvalue weighted by Crippen LogP contribution is -2.49. The van der Waals surface area contributed by atoms with Gasteiger partial charge in [0.2, 0.25) is 5.91 Å². The molecule has 2 fully saturated rings. The van der Waals surface area contributed by atoms with Gasteiger partial charge in [-0.05, 0) is 121 Å². The fourth-order valence-corrected chi connectivity index (χ4v) is 9.03. The van der Waals surface area contributed by atoms with Crippen molar-refractivity contribution in [2.24, 2.45) is 0 Å². The van der Waals surface area contributed by atoms with Crippen LogP contribution in [0.15, 0.2) is 103 Å². The van der Waals surface area contributed by atoms with Crippen LogP contribution in [-0.4, -0.2) is 72.0 Å². The van der Waals surface area contributed by atoms with Crippen molar-refractivity contribution in [2.45, 2.75) is 69.4 Å². The van der Waals surface area contributed by atoms with Gasteiger partial charge in [-0.1, -0.05) is 61.5 Å². The van der Waals surface area contributed by atoms with Crippen molar-refractivity contribution >= 4 is 23.2 Å². The molecule has 0 saturated carbocycles. The minimum absolute atomic E-state index is 0.0561. The first-order valence-electron chi connectivity index (χ1n) is 19.5. The van der Waals surface area contributed by atoms with Gasteiger partial charge in [-0.25, -0.2) is 0 Å². The van der Waals surface area contributed by atoms with Gasteiger partial charge < -0.3 is 25.5 Å².